The molecule has 0 saturated heterocycles. The lowest BCUT2D eigenvalue weighted by atomic mass is 10.1. The molecule has 0 radical (unpaired) electrons. The smallest absolute Gasteiger partial charge is 0.206 e. The van der Waals surface area contributed by atoms with Gasteiger partial charge in [-0.15, -0.1) is 10.2 Å². The summed E-state index contributed by atoms with van der Waals surface area (Å²) >= 11 is 1.55. The Kier molecular flexibility index (Phi) is 3.34. The summed E-state index contributed by atoms with van der Waals surface area (Å²) in [4.78, 5) is 8.85. The summed E-state index contributed by atoms with van der Waals surface area (Å²) in [6.07, 6.45) is 5.95. The normalized spacial score (nSPS) is 17.2. The highest BCUT2D eigenvalue weighted by atomic mass is 32.1. The molecule has 3 aromatic rings. The molecular formula is C15H16N6S. The molecule has 0 spiro atoms. The monoisotopic (exact) mass is 312 g/mol. The van der Waals surface area contributed by atoms with E-state index in [0.29, 0.717) is 6.04 Å². The quantitative estimate of drug-likeness (QED) is 0.805. The number of nitrogens with zero attached hydrogens (tertiary/aromatic N) is 5. The average molecular weight is 312 g/mol. The van der Waals surface area contributed by atoms with Gasteiger partial charge in [0.05, 0.1) is 5.69 Å². The number of hydrogen-bond acceptors (Lipinski definition) is 6. The molecule has 0 bridgehead atoms. The number of pyridine rings is 1. The zero-order chi connectivity index (χ0) is 14.9. The fourth-order valence-electron chi connectivity index (χ4n) is 2.75. The Labute approximate surface area is 132 Å². The molecule has 1 aliphatic heterocycles. The van der Waals surface area contributed by atoms with E-state index in [4.69, 9.17) is 0 Å². The Balaban J connectivity index is 1.47. The Morgan fingerprint density at radius 3 is 3.14 bits per heavy atom. The lowest BCUT2D eigenvalue weighted by Crippen LogP contribution is -2.31. The molecule has 112 valence electrons. The fourth-order valence-corrected chi connectivity index (χ4v) is 3.55. The van der Waals surface area contributed by atoms with Crippen molar-refractivity contribution in [2.45, 2.75) is 32.4 Å². The van der Waals surface area contributed by atoms with Crippen molar-refractivity contribution in [2.24, 2.45) is 0 Å². The Morgan fingerprint density at radius 2 is 2.27 bits per heavy atom. The molecule has 0 amide bonds. The third-order valence-corrected chi connectivity index (χ3v) is 4.63. The first kappa shape index (κ1) is 13.4. The van der Waals surface area contributed by atoms with Crippen LogP contribution in [0.3, 0.4) is 0 Å². The summed E-state index contributed by atoms with van der Waals surface area (Å²) in [5, 5.41) is 13.7. The Bertz CT molecular complexity index is 778. The van der Waals surface area contributed by atoms with Crippen LogP contribution >= 0.6 is 11.3 Å². The van der Waals surface area contributed by atoms with Gasteiger partial charge in [0.1, 0.15) is 11.5 Å². The standard InChI is InChI=1S/C15H16N6S/c1-10-8-21-9-11(5-6-13(21)17-10)18-15-20-19-14(22-15)12-4-2-3-7-16-12/h2-4,7-8,11H,5-6,9H2,1H3,(H,18,20)/t11-/m0/s1. The van der Waals surface area contributed by atoms with Crippen molar-refractivity contribution < 1.29 is 0 Å². The maximum atomic E-state index is 4.54. The number of nitrogens with one attached hydrogen (secondary N) is 1. The van der Waals surface area contributed by atoms with Crippen molar-refractivity contribution in [2.75, 3.05) is 5.32 Å². The highest BCUT2D eigenvalue weighted by Crippen LogP contribution is 2.26. The van der Waals surface area contributed by atoms with Crippen molar-refractivity contribution in [1.82, 2.24) is 24.7 Å². The van der Waals surface area contributed by atoms with Crippen molar-refractivity contribution in [3.63, 3.8) is 0 Å². The van der Waals surface area contributed by atoms with E-state index in [-0.39, 0.29) is 0 Å². The van der Waals surface area contributed by atoms with Crippen LogP contribution in [0.1, 0.15) is 17.9 Å². The van der Waals surface area contributed by atoms with Gasteiger partial charge in [0.25, 0.3) is 0 Å². The van der Waals surface area contributed by atoms with E-state index in [1.54, 1.807) is 17.5 Å². The van der Waals surface area contributed by atoms with E-state index in [9.17, 15) is 0 Å². The van der Waals surface area contributed by atoms with E-state index in [1.807, 2.05) is 25.1 Å². The molecule has 7 heteroatoms. The summed E-state index contributed by atoms with van der Waals surface area (Å²) in [5.41, 5.74) is 1.95. The first-order valence-electron chi connectivity index (χ1n) is 7.32. The summed E-state index contributed by atoms with van der Waals surface area (Å²) in [6, 6.07) is 6.17. The Morgan fingerprint density at radius 1 is 1.32 bits per heavy atom. The van der Waals surface area contributed by atoms with E-state index in [0.717, 1.165) is 40.9 Å². The first-order chi connectivity index (χ1) is 10.8. The van der Waals surface area contributed by atoms with Crippen LogP contribution in [0.15, 0.2) is 30.6 Å². The van der Waals surface area contributed by atoms with Crippen LogP contribution < -0.4 is 5.32 Å². The second-order valence-corrected chi connectivity index (χ2v) is 6.44. The lowest BCUT2D eigenvalue weighted by molar-refractivity contribution is 0.476. The molecule has 0 fully saturated rings. The van der Waals surface area contributed by atoms with Gasteiger partial charge in [0, 0.05) is 31.4 Å². The molecule has 4 rings (SSSR count). The number of anilines is 1. The maximum absolute atomic E-state index is 4.54. The van der Waals surface area contributed by atoms with Gasteiger partial charge in [-0.2, -0.15) is 0 Å². The Hall–Kier alpha value is -2.28. The highest BCUT2D eigenvalue weighted by molar-refractivity contribution is 7.18. The number of fused-ring (bicyclic) bond motifs is 1. The van der Waals surface area contributed by atoms with Crippen molar-refractivity contribution >= 4 is 16.5 Å². The summed E-state index contributed by atoms with van der Waals surface area (Å²) in [5.74, 6) is 1.18. The van der Waals surface area contributed by atoms with Crippen LogP contribution in [0.25, 0.3) is 10.7 Å². The largest absolute Gasteiger partial charge is 0.356 e. The predicted molar refractivity (Wildman–Crippen MR) is 85.8 cm³/mol. The van der Waals surface area contributed by atoms with E-state index >= 15 is 0 Å². The summed E-state index contributed by atoms with van der Waals surface area (Å²) in [7, 11) is 0. The fraction of sp³-hybridized carbons (Fsp3) is 0.333. The number of rotatable bonds is 3. The lowest BCUT2D eigenvalue weighted by Gasteiger charge is -2.24. The number of aromatic nitrogens is 5. The van der Waals surface area contributed by atoms with Gasteiger partial charge in [-0.3, -0.25) is 4.98 Å². The minimum Gasteiger partial charge on any atom is -0.356 e. The molecular weight excluding hydrogens is 296 g/mol. The van der Waals surface area contributed by atoms with Crippen LogP contribution in [0, 0.1) is 6.92 Å². The van der Waals surface area contributed by atoms with Gasteiger partial charge in [-0.1, -0.05) is 17.4 Å². The molecule has 4 heterocycles. The molecule has 0 aromatic carbocycles. The van der Waals surface area contributed by atoms with Crippen LogP contribution in [0.2, 0.25) is 0 Å². The van der Waals surface area contributed by atoms with Gasteiger partial charge in [0.2, 0.25) is 5.13 Å². The topological polar surface area (TPSA) is 68.5 Å². The maximum Gasteiger partial charge on any atom is 0.206 e. The second kappa shape index (κ2) is 5.49. The molecule has 0 unspecified atom stereocenters. The second-order valence-electron chi connectivity index (χ2n) is 5.46. The van der Waals surface area contributed by atoms with Gasteiger partial charge in [-0.05, 0) is 25.5 Å². The van der Waals surface area contributed by atoms with Gasteiger partial charge in [0.15, 0.2) is 5.01 Å². The molecule has 6 nitrogen and oxygen atoms in total. The third kappa shape index (κ3) is 2.59. The number of aryl methyl sites for hydroxylation is 2. The zero-order valence-electron chi connectivity index (χ0n) is 12.2. The first-order valence-corrected chi connectivity index (χ1v) is 8.14. The summed E-state index contributed by atoms with van der Waals surface area (Å²) < 4.78 is 2.23. The van der Waals surface area contributed by atoms with Crippen molar-refractivity contribution in [1.29, 1.82) is 0 Å². The van der Waals surface area contributed by atoms with Crippen LogP contribution in [0.5, 0.6) is 0 Å². The summed E-state index contributed by atoms with van der Waals surface area (Å²) in [6.45, 7) is 2.96. The minimum absolute atomic E-state index is 0.366. The molecule has 22 heavy (non-hydrogen) atoms. The van der Waals surface area contributed by atoms with Gasteiger partial charge < -0.3 is 9.88 Å². The predicted octanol–water partition coefficient (Wildman–Crippen LogP) is 2.53. The number of imidazole rings is 1. The average Bonchev–Trinajstić information content (AvgIpc) is 3.13. The van der Waals surface area contributed by atoms with Crippen molar-refractivity contribution in [3.8, 4) is 10.7 Å². The van der Waals surface area contributed by atoms with Gasteiger partial charge in [-0.25, -0.2) is 4.98 Å². The van der Waals surface area contributed by atoms with E-state index < -0.39 is 0 Å². The third-order valence-electron chi connectivity index (χ3n) is 3.75. The van der Waals surface area contributed by atoms with Crippen LogP contribution in [-0.4, -0.2) is 30.8 Å². The number of hydrogen-bond donors (Lipinski definition) is 1. The SMILES string of the molecule is Cc1cn2c(n1)CC[C@H](Nc1nnc(-c3ccccn3)s1)C2. The van der Waals surface area contributed by atoms with Crippen LogP contribution in [0.4, 0.5) is 5.13 Å². The molecule has 1 aliphatic rings. The molecule has 1 N–H and O–H groups in total. The molecule has 0 saturated carbocycles. The van der Waals surface area contributed by atoms with E-state index in [1.165, 1.54) is 5.82 Å². The molecule has 0 aliphatic carbocycles. The van der Waals surface area contributed by atoms with Gasteiger partial charge >= 0.3 is 0 Å². The zero-order valence-corrected chi connectivity index (χ0v) is 13.0. The molecule has 1 atom stereocenters. The van der Waals surface area contributed by atoms with Crippen LogP contribution in [-0.2, 0) is 13.0 Å². The molecule has 3 aromatic heterocycles. The highest BCUT2D eigenvalue weighted by Gasteiger charge is 2.20. The minimum atomic E-state index is 0.366. The van der Waals surface area contributed by atoms with E-state index in [2.05, 4.69) is 36.2 Å². The van der Waals surface area contributed by atoms with Crippen molar-refractivity contribution in [3.05, 3.63) is 42.1 Å².